The third-order valence-electron chi connectivity index (χ3n) is 5.72. The van der Waals surface area contributed by atoms with E-state index < -0.39 is 0 Å². The number of rotatable bonds is 7. The SMILES string of the molecule is O=C(c1ccc(OCC2CCCN2C(=O)COc2ccc(F)cc2)cc1)N1CCOCC1. The molecular formula is C24H27FN2O5. The van der Waals surface area contributed by atoms with Crippen molar-refractivity contribution in [2.24, 2.45) is 0 Å². The molecule has 2 amide bonds. The Balaban J connectivity index is 1.26. The number of morpholine rings is 1. The summed E-state index contributed by atoms with van der Waals surface area (Å²) in [7, 11) is 0. The summed E-state index contributed by atoms with van der Waals surface area (Å²) in [4.78, 5) is 28.7. The van der Waals surface area contributed by atoms with Crippen molar-refractivity contribution in [2.45, 2.75) is 18.9 Å². The lowest BCUT2D eigenvalue weighted by Gasteiger charge is -2.27. The Labute approximate surface area is 186 Å². The molecule has 170 valence electrons. The van der Waals surface area contributed by atoms with E-state index in [0.717, 1.165) is 12.8 Å². The van der Waals surface area contributed by atoms with E-state index in [0.29, 0.717) is 56.5 Å². The van der Waals surface area contributed by atoms with Gasteiger partial charge in [0.05, 0.1) is 19.3 Å². The maximum absolute atomic E-state index is 13.0. The molecule has 0 aliphatic carbocycles. The van der Waals surface area contributed by atoms with E-state index in [1.807, 2.05) is 0 Å². The Morgan fingerprint density at radius 3 is 2.31 bits per heavy atom. The first-order chi connectivity index (χ1) is 15.6. The van der Waals surface area contributed by atoms with E-state index in [9.17, 15) is 14.0 Å². The molecule has 1 unspecified atom stereocenters. The number of ether oxygens (including phenoxy) is 3. The molecule has 0 aromatic heterocycles. The first kappa shape index (κ1) is 22.1. The largest absolute Gasteiger partial charge is 0.491 e. The Morgan fingerprint density at radius 2 is 1.59 bits per heavy atom. The van der Waals surface area contributed by atoms with Gasteiger partial charge in [-0.2, -0.15) is 0 Å². The molecule has 0 saturated carbocycles. The van der Waals surface area contributed by atoms with Crippen molar-refractivity contribution >= 4 is 11.8 Å². The van der Waals surface area contributed by atoms with E-state index in [2.05, 4.69) is 0 Å². The fourth-order valence-electron chi connectivity index (χ4n) is 3.93. The van der Waals surface area contributed by atoms with E-state index in [-0.39, 0.29) is 30.3 Å². The Hall–Kier alpha value is -3.13. The van der Waals surface area contributed by atoms with Gasteiger partial charge < -0.3 is 24.0 Å². The summed E-state index contributed by atoms with van der Waals surface area (Å²) < 4.78 is 29.7. The Morgan fingerprint density at radius 1 is 0.938 bits per heavy atom. The summed E-state index contributed by atoms with van der Waals surface area (Å²) in [5.74, 6) is 0.642. The molecule has 2 aliphatic heterocycles. The van der Waals surface area contributed by atoms with E-state index in [4.69, 9.17) is 14.2 Å². The summed E-state index contributed by atoms with van der Waals surface area (Å²) in [6.07, 6.45) is 1.76. The van der Waals surface area contributed by atoms with Crippen LogP contribution in [0.5, 0.6) is 11.5 Å². The first-order valence-corrected chi connectivity index (χ1v) is 10.9. The van der Waals surface area contributed by atoms with Gasteiger partial charge in [0.15, 0.2) is 6.61 Å². The number of hydrogen-bond acceptors (Lipinski definition) is 5. The molecule has 2 saturated heterocycles. The minimum absolute atomic E-state index is 0.00595. The highest BCUT2D eigenvalue weighted by molar-refractivity contribution is 5.94. The zero-order chi connectivity index (χ0) is 22.3. The molecule has 8 heteroatoms. The first-order valence-electron chi connectivity index (χ1n) is 10.9. The Kier molecular flexibility index (Phi) is 7.21. The molecule has 2 fully saturated rings. The normalized spacial score (nSPS) is 18.5. The third kappa shape index (κ3) is 5.56. The molecule has 7 nitrogen and oxygen atoms in total. The van der Waals surface area contributed by atoms with Crippen LogP contribution in [0.2, 0.25) is 0 Å². The molecule has 2 aromatic rings. The zero-order valence-corrected chi connectivity index (χ0v) is 17.9. The second-order valence-electron chi connectivity index (χ2n) is 7.87. The predicted octanol–water partition coefficient (Wildman–Crippen LogP) is 2.75. The van der Waals surface area contributed by atoms with Crippen molar-refractivity contribution < 1.29 is 28.2 Å². The predicted molar refractivity (Wildman–Crippen MR) is 115 cm³/mol. The average Bonchev–Trinajstić information content (AvgIpc) is 3.31. The summed E-state index contributed by atoms with van der Waals surface area (Å²) >= 11 is 0. The van der Waals surface area contributed by atoms with Crippen molar-refractivity contribution in [3.63, 3.8) is 0 Å². The van der Waals surface area contributed by atoms with E-state index in [1.54, 1.807) is 34.1 Å². The third-order valence-corrected chi connectivity index (χ3v) is 5.72. The van der Waals surface area contributed by atoms with Crippen molar-refractivity contribution in [2.75, 3.05) is 46.1 Å². The summed E-state index contributed by atoms with van der Waals surface area (Å²) in [5, 5.41) is 0. The van der Waals surface area contributed by atoms with Gasteiger partial charge in [-0.3, -0.25) is 9.59 Å². The fourth-order valence-corrected chi connectivity index (χ4v) is 3.93. The maximum atomic E-state index is 13.0. The van der Waals surface area contributed by atoms with Crippen LogP contribution in [0.15, 0.2) is 48.5 Å². The molecule has 2 aliphatic rings. The molecule has 4 rings (SSSR count). The quantitative estimate of drug-likeness (QED) is 0.660. The fraction of sp³-hybridized carbons (Fsp3) is 0.417. The number of benzene rings is 2. The van der Waals surface area contributed by atoms with Crippen LogP contribution < -0.4 is 9.47 Å². The topological polar surface area (TPSA) is 68.3 Å². The smallest absolute Gasteiger partial charge is 0.260 e. The standard InChI is InChI=1S/C24H27FN2O5/c25-19-5-9-22(10-6-19)32-17-23(28)27-11-1-2-20(27)16-31-21-7-3-18(4-8-21)24(29)26-12-14-30-15-13-26/h3-10,20H,1-2,11-17H2. The summed E-state index contributed by atoms with van der Waals surface area (Å²) in [5.41, 5.74) is 0.620. The maximum Gasteiger partial charge on any atom is 0.260 e. The lowest BCUT2D eigenvalue weighted by molar-refractivity contribution is -0.134. The van der Waals surface area contributed by atoms with Gasteiger partial charge in [-0.25, -0.2) is 4.39 Å². The van der Waals surface area contributed by atoms with Crippen LogP contribution in [0.3, 0.4) is 0 Å². The minimum Gasteiger partial charge on any atom is -0.491 e. The number of carbonyl (C=O) groups is 2. The number of halogens is 1. The van der Waals surface area contributed by atoms with Gasteiger partial charge in [0.25, 0.3) is 11.8 Å². The van der Waals surface area contributed by atoms with Crippen molar-refractivity contribution in [3.8, 4) is 11.5 Å². The monoisotopic (exact) mass is 442 g/mol. The summed E-state index contributed by atoms with van der Waals surface area (Å²) in [6.45, 7) is 3.28. The molecular weight excluding hydrogens is 415 g/mol. The number of hydrogen-bond donors (Lipinski definition) is 0. The van der Waals surface area contributed by atoms with E-state index in [1.165, 1.54) is 24.3 Å². The van der Waals surface area contributed by atoms with Crippen LogP contribution in [-0.4, -0.2) is 73.7 Å². The average molecular weight is 442 g/mol. The second-order valence-corrected chi connectivity index (χ2v) is 7.87. The number of likely N-dealkylation sites (tertiary alicyclic amines) is 1. The highest BCUT2D eigenvalue weighted by Crippen LogP contribution is 2.21. The molecule has 0 radical (unpaired) electrons. The van der Waals surface area contributed by atoms with E-state index >= 15 is 0 Å². The van der Waals surface area contributed by atoms with Gasteiger partial charge >= 0.3 is 0 Å². The number of nitrogens with zero attached hydrogens (tertiary/aromatic N) is 2. The van der Waals surface area contributed by atoms with Gasteiger partial charge in [-0.15, -0.1) is 0 Å². The molecule has 0 N–H and O–H groups in total. The molecule has 1 atom stereocenters. The van der Waals surface area contributed by atoms with Crippen LogP contribution in [0.1, 0.15) is 23.2 Å². The van der Waals surface area contributed by atoms with Gasteiger partial charge in [0.2, 0.25) is 0 Å². The van der Waals surface area contributed by atoms with Crippen molar-refractivity contribution in [3.05, 3.63) is 59.9 Å². The van der Waals surface area contributed by atoms with Gasteiger partial charge in [-0.05, 0) is 61.4 Å². The molecule has 2 aromatic carbocycles. The van der Waals surface area contributed by atoms with Gasteiger partial charge in [0, 0.05) is 25.2 Å². The van der Waals surface area contributed by atoms with Crippen molar-refractivity contribution in [1.82, 2.24) is 9.80 Å². The minimum atomic E-state index is -0.348. The Bertz CT molecular complexity index is 913. The second kappa shape index (κ2) is 10.5. The van der Waals surface area contributed by atoms with Crippen LogP contribution in [0.4, 0.5) is 4.39 Å². The number of carbonyl (C=O) groups excluding carboxylic acids is 2. The highest BCUT2D eigenvalue weighted by Gasteiger charge is 2.29. The van der Waals surface area contributed by atoms with Crippen LogP contribution in [0, 0.1) is 5.82 Å². The lowest BCUT2D eigenvalue weighted by Crippen LogP contribution is -2.41. The molecule has 0 bridgehead atoms. The van der Waals surface area contributed by atoms with Crippen LogP contribution in [0.25, 0.3) is 0 Å². The summed E-state index contributed by atoms with van der Waals surface area (Å²) in [6, 6.07) is 12.7. The molecule has 0 spiro atoms. The van der Waals surface area contributed by atoms with Gasteiger partial charge in [-0.1, -0.05) is 0 Å². The molecule has 2 heterocycles. The van der Waals surface area contributed by atoms with Crippen molar-refractivity contribution in [1.29, 1.82) is 0 Å². The number of amides is 2. The van der Waals surface area contributed by atoms with Crippen LogP contribution in [-0.2, 0) is 9.53 Å². The highest BCUT2D eigenvalue weighted by atomic mass is 19.1. The van der Waals surface area contributed by atoms with Crippen LogP contribution >= 0.6 is 0 Å². The lowest BCUT2D eigenvalue weighted by atomic mass is 10.2. The van der Waals surface area contributed by atoms with Gasteiger partial charge in [0.1, 0.15) is 23.9 Å². The zero-order valence-electron chi connectivity index (χ0n) is 17.9. The molecule has 32 heavy (non-hydrogen) atoms.